The molecule has 4 rings (SSSR count). The van der Waals surface area contributed by atoms with Gasteiger partial charge < -0.3 is 4.42 Å². The van der Waals surface area contributed by atoms with Gasteiger partial charge in [0.05, 0.1) is 23.3 Å². The molecule has 152 valence electrons. The molecular weight excluding hydrogens is 431 g/mol. The van der Waals surface area contributed by atoms with Crippen LogP contribution < -0.4 is 0 Å². The second-order valence-electron chi connectivity index (χ2n) is 6.26. The minimum atomic E-state index is -0.633. The predicted octanol–water partition coefficient (Wildman–Crippen LogP) is 5.58. The molecule has 4 aromatic rings. The normalized spacial score (nSPS) is 11.0. The molecule has 0 aliphatic rings. The fraction of sp³-hybridized carbons (Fsp3) is 0.100. The fourth-order valence-electron chi connectivity index (χ4n) is 2.91. The quantitative estimate of drug-likeness (QED) is 0.210. The number of nitrogens with zero attached hydrogens (tertiary/aromatic N) is 4. The lowest BCUT2D eigenvalue weighted by Crippen LogP contribution is -2.04. The van der Waals surface area contributed by atoms with Crippen LogP contribution in [-0.4, -0.2) is 19.7 Å². The smallest absolute Gasteiger partial charge is 0.276 e. The molecule has 0 bridgehead atoms. The van der Waals surface area contributed by atoms with Crippen LogP contribution in [0.4, 0.5) is 10.1 Å². The molecule has 0 unspecified atom stereocenters. The van der Waals surface area contributed by atoms with Crippen molar-refractivity contribution in [2.75, 3.05) is 0 Å². The first-order valence-corrected chi connectivity index (χ1v) is 10.2. The summed E-state index contributed by atoms with van der Waals surface area (Å²) >= 11 is 7.14. The van der Waals surface area contributed by atoms with Gasteiger partial charge >= 0.3 is 0 Å². The van der Waals surface area contributed by atoms with E-state index in [9.17, 15) is 14.5 Å². The van der Waals surface area contributed by atoms with Crippen LogP contribution in [0.2, 0.25) is 5.02 Å². The molecule has 2 heterocycles. The maximum absolute atomic E-state index is 14.2. The molecular formula is C20H14ClFN4O3S. The zero-order valence-corrected chi connectivity index (χ0v) is 16.9. The summed E-state index contributed by atoms with van der Waals surface area (Å²) in [5, 5.41) is 20.8. The third-order valence-corrected chi connectivity index (χ3v) is 5.59. The van der Waals surface area contributed by atoms with E-state index >= 15 is 0 Å². The first-order valence-electron chi connectivity index (χ1n) is 8.79. The van der Waals surface area contributed by atoms with Crippen molar-refractivity contribution in [1.29, 1.82) is 0 Å². The highest BCUT2D eigenvalue weighted by Gasteiger charge is 2.21. The highest BCUT2D eigenvalue weighted by molar-refractivity contribution is 7.98. The molecule has 2 aromatic heterocycles. The van der Waals surface area contributed by atoms with Crippen molar-refractivity contribution in [3.05, 3.63) is 93.1 Å². The Balaban J connectivity index is 1.68. The fourth-order valence-corrected chi connectivity index (χ4v) is 4.00. The molecule has 0 saturated heterocycles. The number of nitro benzene ring substituents is 1. The summed E-state index contributed by atoms with van der Waals surface area (Å²) in [5.41, 5.74) is 0.535. The average Bonchev–Trinajstić information content (AvgIpc) is 3.38. The highest BCUT2D eigenvalue weighted by Crippen LogP contribution is 2.31. The van der Waals surface area contributed by atoms with E-state index in [1.165, 1.54) is 18.2 Å². The zero-order valence-electron chi connectivity index (χ0n) is 15.4. The standard InChI is InChI=1S/C20H14ClFN4O3S/c21-14-8-6-13(7-9-14)19-23-24-20(25(19)11-15-3-2-10-29-15)30-12-16-17(22)4-1-5-18(16)26(27)28/h1-10H,11-12H2. The van der Waals surface area contributed by atoms with Crippen molar-refractivity contribution >= 4 is 29.1 Å². The van der Waals surface area contributed by atoms with Crippen LogP contribution in [0, 0.1) is 15.9 Å². The lowest BCUT2D eigenvalue weighted by atomic mass is 10.2. The Kier molecular flexibility index (Phi) is 5.82. The van der Waals surface area contributed by atoms with E-state index in [1.54, 1.807) is 24.5 Å². The van der Waals surface area contributed by atoms with Gasteiger partial charge in [0.2, 0.25) is 0 Å². The van der Waals surface area contributed by atoms with Crippen LogP contribution in [0.3, 0.4) is 0 Å². The summed E-state index contributed by atoms with van der Waals surface area (Å²) in [6.45, 7) is 0.347. The van der Waals surface area contributed by atoms with Crippen molar-refractivity contribution in [1.82, 2.24) is 14.8 Å². The Labute approximate surface area is 179 Å². The Morgan fingerprint density at radius 1 is 1.13 bits per heavy atom. The van der Waals surface area contributed by atoms with E-state index in [2.05, 4.69) is 10.2 Å². The van der Waals surface area contributed by atoms with Crippen LogP contribution in [0.25, 0.3) is 11.4 Å². The number of hydrogen-bond donors (Lipinski definition) is 0. The van der Waals surface area contributed by atoms with Crippen molar-refractivity contribution in [2.24, 2.45) is 0 Å². The Morgan fingerprint density at radius 3 is 2.63 bits per heavy atom. The third kappa shape index (κ3) is 4.22. The van der Waals surface area contributed by atoms with Crippen molar-refractivity contribution < 1.29 is 13.7 Å². The molecule has 0 N–H and O–H groups in total. The monoisotopic (exact) mass is 444 g/mol. The third-order valence-electron chi connectivity index (χ3n) is 4.35. The topological polar surface area (TPSA) is 87.0 Å². The van der Waals surface area contributed by atoms with E-state index in [1.807, 2.05) is 22.8 Å². The molecule has 7 nitrogen and oxygen atoms in total. The SMILES string of the molecule is O=[N+]([O-])c1cccc(F)c1CSc1nnc(-c2ccc(Cl)cc2)n1Cc1ccco1. The molecule has 2 aromatic carbocycles. The van der Waals surface area contributed by atoms with E-state index in [0.29, 0.717) is 28.3 Å². The van der Waals surface area contributed by atoms with Gasteiger partial charge in [-0.1, -0.05) is 29.4 Å². The molecule has 0 radical (unpaired) electrons. The van der Waals surface area contributed by atoms with Crippen LogP contribution in [-0.2, 0) is 12.3 Å². The number of nitro groups is 1. The van der Waals surface area contributed by atoms with E-state index in [4.69, 9.17) is 16.0 Å². The van der Waals surface area contributed by atoms with Gasteiger partial charge in [0.25, 0.3) is 5.69 Å². The van der Waals surface area contributed by atoms with Gasteiger partial charge in [0, 0.05) is 22.4 Å². The number of aromatic nitrogens is 3. The Hall–Kier alpha value is -3.17. The predicted molar refractivity (Wildman–Crippen MR) is 111 cm³/mol. The number of halogens is 2. The molecule has 0 aliphatic heterocycles. The number of thioether (sulfide) groups is 1. The number of rotatable bonds is 7. The molecule has 10 heteroatoms. The number of hydrogen-bond acceptors (Lipinski definition) is 6. The van der Waals surface area contributed by atoms with Gasteiger partial charge in [-0.3, -0.25) is 14.7 Å². The first kappa shape index (κ1) is 20.1. The number of benzene rings is 2. The Morgan fingerprint density at radius 2 is 1.93 bits per heavy atom. The largest absolute Gasteiger partial charge is 0.467 e. The van der Waals surface area contributed by atoms with Gasteiger partial charge in [-0.15, -0.1) is 10.2 Å². The second kappa shape index (κ2) is 8.68. The first-order chi connectivity index (χ1) is 14.5. The summed E-state index contributed by atoms with van der Waals surface area (Å²) in [6, 6.07) is 14.5. The number of furan rings is 1. The molecule has 30 heavy (non-hydrogen) atoms. The van der Waals surface area contributed by atoms with Gasteiger partial charge in [-0.2, -0.15) is 0 Å². The van der Waals surface area contributed by atoms with Crippen LogP contribution in [0.5, 0.6) is 0 Å². The minimum Gasteiger partial charge on any atom is -0.467 e. The van der Waals surface area contributed by atoms with E-state index in [0.717, 1.165) is 17.3 Å². The molecule has 0 atom stereocenters. The van der Waals surface area contributed by atoms with Crippen molar-refractivity contribution in [3.8, 4) is 11.4 Å². The van der Waals surface area contributed by atoms with Crippen molar-refractivity contribution in [2.45, 2.75) is 17.5 Å². The van der Waals surface area contributed by atoms with Crippen molar-refractivity contribution in [3.63, 3.8) is 0 Å². The van der Waals surface area contributed by atoms with E-state index in [-0.39, 0.29) is 17.0 Å². The molecule has 0 fully saturated rings. The maximum atomic E-state index is 14.2. The zero-order chi connectivity index (χ0) is 21.1. The van der Waals surface area contributed by atoms with Gasteiger partial charge in [-0.05, 0) is 42.5 Å². The van der Waals surface area contributed by atoms with Crippen LogP contribution in [0.15, 0.2) is 70.4 Å². The molecule has 0 aliphatic carbocycles. The maximum Gasteiger partial charge on any atom is 0.276 e. The lowest BCUT2D eigenvalue weighted by Gasteiger charge is -2.09. The minimum absolute atomic E-state index is 0.00749. The van der Waals surface area contributed by atoms with Gasteiger partial charge in [-0.25, -0.2) is 4.39 Å². The molecule has 0 saturated carbocycles. The average molecular weight is 445 g/mol. The summed E-state index contributed by atoms with van der Waals surface area (Å²) in [7, 11) is 0. The molecule has 0 spiro atoms. The second-order valence-corrected chi connectivity index (χ2v) is 7.64. The summed E-state index contributed by atoms with van der Waals surface area (Å²) in [4.78, 5) is 10.7. The van der Waals surface area contributed by atoms with Crippen LogP contribution >= 0.6 is 23.4 Å². The van der Waals surface area contributed by atoms with Gasteiger partial charge in [0.1, 0.15) is 11.6 Å². The Bertz CT molecular complexity index is 1180. The lowest BCUT2D eigenvalue weighted by molar-refractivity contribution is -0.385. The summed E-state index contributed by atoms with van der Waals surface area (Å²) < 4.78 is 21.5. The van der Waals surface area contributed by atoms with Gasteiger partial charge in [0.15, 0.2) is 11.0 Å². The molecule has 0 amide bonds. The van der Waals surface area contributed by atoms with Crippen LogP contribution in [0.1, 0.15) is 11.3 Å². The van der Waals surface area contributed by atoms with E-state index < -0.39 is 10.7 Å². The summed E-state index contributed by atoms with van der Waals surface area (Å²) in [5.74, 6) is 0.656. The highest BCUT2D eigenvalue weighted by atomic mass is 35.5. The summed E-state index contributed by atoms with van der Waals surface area (Å²) in [6.07, 6.45) is 1.57.